The van der Waals surface area contributed by atoms with Crippen LogP contribution in [0.3, 0.4) is 0 Å². The molecule has 0 saturated heterocycles. The number of alkyl halides is 3. The minimum Gasteiger partial charge on any atom is -0.171 e. The quantitative estimate of drug-likeness (QED) is 0.669. The molecule has 0 aliphatic heterocycles. The van der Waals surface area contributed by atoms with Gasteiger partial charge in [-0.3, -0.25) is 0 Å². The molecular weight excluding hydrogens is 201 g/mol. The summed E-state index contributed by atoms with van der Waals surface area (Å²) in [6, 6.07) is 6.48. The third kappa shape index (κ3) is 4.68. The molecule has 0 aliphatic rings. The summed E-state index contributed by atoms with van der Waals surface area (Å²) >= 11 is 0. The molecule has 3 heteroatoms. The van der Waals surface area contributed by atoms with Gasteiger partial charge in [0.25, 0.3) is 0 Å². The summed E-state index contributed by atoms with van der Waals surface area (Å²) in [6.07, 6.45) is -4.28. The highest BCUT2D eigenvalue weighted by molar-refractivity contribution is 5.25. The van der Waals surface area contributed by atoms with Gasteiger partial charge >= 0.3 is 6.18 Å². The zero-order valence-corrected chi connectivity index (χ0v) is 8.56. The first-order chi connectivity index (χ1) is 6.87. The van der Waals surface area contributed by atoms with Crippen LogP contribution >= 0.6 is 0 Å². The molecule has 1 aromatic carbocycles. The second kappa shape index (κ2) is 4.51. The Balaban J connectivity index is 2.68. The molecule has 0 aliphatic carbocycles. The minimum atomic E-state index is -4.13. The smallest absolute Gasteiger partial charge is 0.171 e. The summed E-state index contributed by atoms with van der Waals surface area (Å²) < 4.78 is 36.1. The van der Waals surface area contributed by atoms with Crippen molar-refractivity contribution in [2.45, 2.75) is 25.9 Å². The largest absolute Gasteiger partial charge is 0.393 e. The molecular formula is C12H13F3. The summed E-state index contributed by atoms with van der Waals surface area (Å²) in [7, 11) is 0. The van der Waals surface area contributed by atoms with Gasteiger partial charge in [-0.1, -0.05) is 36.4 Å². The summed E-state index contributed by atoms with van der Waals surface area (Å²) in [5.74, 6) is 0. The Kier molecular flexibility index (Phi) is 3.56. The summed E-state index contributed by atoms with van der Waals surface area (Å²) in [4.78, 5) is 0. The van der Waals surface area contributed by atoms with E-state index in [1.807, 2.05) is 6.92 Å². The molecule has 0 fully saturated rings. The van der Waals surface area contributed by atoms with E-state index in [0.29, 0.717) is 12.0 Å². The molecule has 0 amide bonds. The van der Waals surface area contributed by atoms with E-state index in [4.69, 9.17) is 0 Å². The van der Waals surface area contributed by atoms with Gasteiger partial charge in [-0.2, -0.15) is 13.2 Å². The molecule has 1 aromatic rings. The predicted molar refractivity (Wildman–Crippen MR) is 54.7 cm³/mol. The van der Waals surface area contributed by atoms with E-state index in [9.17, 15) is 13.2 Å². The molecule has 0 heterocycles. The van der Waals surface area contributed by atoms with E-state index in [0.717, 1.165) is 11.1 Å². The lowest BCUT2D eigenvalue weighted by Crippen LogP contribution is -2.11. The molecule has 0 saturated carbocycles. The second-order valence-corrected chi connectivity index (χ2v) is 3.74. The second-order valence-electron chi connectivity index (χ2n) is 3.74. The van der Waals surface area contributed by atoms with E-state index >= 15 is 0 Å². The number of hydrogen-bond donors (Lipinski definition) is 0. The van der Waals surface area contributed by atoms with Crippen molar-refractivity contribution < 1.29 is 13.2 Å². The van der Waals surface area contributed by atoms with Crippen LogP contribution in [0.15, 0.2) is 36.4 Å². The third-order valence-electron chi connectivity index (χ3n) is 1.93. The van der Waals surface area contributed by atoms with Crippen LogP contribution in [0.4, 0.5) is 13.2 Å². The van der Waals surface area contributed by atoms with E-state index in [1.165, 1.54) is 12.1 Å². The maximum atomic E-state index is 12.0. The van der Waals surface area contributed by atoms with E-state index < -0.39 is 12.6 Å². The van der Waals surface area contributed by atoms with Crippen molar-refractivity contribution in [3.8, 4) is 0 Å². The van der Waals surface area contributed by atoms with Gasteiger partial charge in [0.15, 0.2) is 0 Å². The van der Waals surface area contributed by atoms with Crippen molar-refractivity contribution in [2.75, 3.05) is 0 Å². The normalized spacial score (nSPS) is 11.5. The van der Waals surface area contributed by atoms with Crippen molar-refractivity contribution in [1.29, 1.82) is 0 Å². The lowest BCUT2D eigenvalue weighted by Gasteiger charge is -2.07. The van der Waals surface area contributed by atoms with Gasteiger partial charge in [0.05, 0.1) is 6.42 Å². The van der Waals surface area contributed by atoms with Crippen molar-refractivity contribution in [3.05, 3.63) is 47.5 Å². The Labute approximate surface area is 87.4 Å². The van der Waals surface area contributed by atoms with Gasteiger partial charge in [-0.15, -0.1) is 0 Å². The topological polar surface area (TPSA) is 0 Å². The van der Waals surface area contributed by atoms with E-state index in [1.54, 1.807) is 12.1 Å². The predicted octanol–water partition coefficient (Wildman–Crippen LogP) is 3.91. The zero-order valence-electron chi connectivity index (χ0n) is 8.56. The Morgan fingerprint density at radius 2 is 1.60 bits per heavy atom. The van der Waals surface area contributed by atoms with Gasteiger partial charge < -0.3 is 0 Å². The van der Waals surface area contributed by atoms with Crippen LogP contribution < -0.4 is 0 Å². The average Bonchev–Trinajstić information content (AvgIpc) is 2.05. The molecule has 0 nitrogen and oxygen atoms in total. The van der Waals surface area contributed by atoms with Crippen LogP contribution in [0.5, 0.6) is 0 Å². The van der Waals surface area contributed by atoms with E-state index in [2.05, 4.69) is 6.58 Å². The molecule has 15 heavy (non-hydrogen) atoms. The SMILES string of the molecule is C=C(C)Cc1ccc(CC(F)(F)F)cc1. The molecule has 0 bridgehead atoms. The standard InChI is InChI=1S/C12H13F3/c1-9(2)7-10-3-5-11(6-4-10)8-12(13,14)15/h3-6H,1,7-8H2,2H3. The highest BCUT2D eigenvalue weighted by atomic mass is 19.4. The van der Waals surface area contributed by atoms with Gasteiger partial charge in [0, 0.05) is 0 Å². The van der Waals surface area contributed by atoms with Crippen LogP contribution in [-0.2, 0) is 12.8 Å². The molecule has 0 unspecified atom stereocenters. The van der Waals surface area contributed by atoms with Crippen molar-refractivity contribution in [3.63, 3.8) is 0 Å². The highest BCUT2D eigenvalue weighted by Gasteiger charge is 2.27. The number of hydrogen-bond acceptors (Lipinski definition) is 0. The Morgan fingerprint density at radius 3 is 2.00 bits per heavy atom. The molecule has 0 N–H and O–H groups in total. The first kappa shape index (κ1) is 11.8. The fourth-order valence-electron chi connectivity index (χ4n) is 1.35. The van der Waals surface area contributed by atoms with E-state index in [-0.39, 0.29) is 0 Å². The fourth-order valence-corrected chi connectivity index (χ4v) is 1.35. The number of benzene rings is 1. The summed E-state index contributed by atoms with van der Waals surface area (Å²) in [6.45, 7) is 5.64. The number of rotatable bonds is 3. The van der Waals surface area contributed by atoms with Crippen LogP contribution in [0.1, 0.15) is 18.1 Å². The van der Waals surface area contributed by atoms with Crippen LogP contribution in [0.2, 0.25) is 0 Å². The van der Waals surface area contributed by atoms with Crippen LogP contribution in [0, 0.1) is 0 Å². The molecule has 82 valence electrons. The van der Waals surface area contributed by atoms with Gasteiger partial charge in [0.1, 0.15) is 0 Å². The van der Waals surface area contributed by atoms with Gasteiger partial charge in [0.2, 0.25) is 0 Å². The minimum absolute atomic E-state index is 0.299. The van der Waals surface area contributed by atoms with Crippen molar-refractivity contribution in [2.24, 2.45) is 0 Å². The lowest BCUT2D eigenvalue weighted by molar-refractivity contribution is -0.127. The third-order valence-corrected chi connectivity index (χ3v) is 1.93. The monoisotopic (exact) mass is 214 g/mol. The average molecular weight is 214 g/mol. The highest BCUT2D eigenvalue weighted by Crippen LogP contribution is 2.21. The van der Waals surface area contributed by atoms with Crippen LogP contribution in [0.25, 0.3) is 0 Å². The summed E-state index contributed by atoms with van der Waals surface area (Å²) in [5, 5.41) is 0. The maximum absolute atomic E-state index is 12.0. The first-order valence-electron chi connectivity index (χ1n) is 4.66. The fraction of sp³-hybridized carbons (Fsp3) is 0.333. The lowest BCUT2D eigenvalue weighted by atomic mass is 10.0. The van der Waals surface area contributed by atoms with Crippen molar-refractivity contribution >= 4 is 0 Å². The molecule has 0 radical (unpaired) electrons. The Bertz CT molecular complexity index is 333. The summed E-state index contributed by atoms with van der Waals surface area (Å²) in [5.41, 5.74) is 2.29. The Morgan fingerprint density at radius 1 is 1.13 bits per heavy atom. The maximum Gasteiger partial charge on any atom is 0.393 e. The van der Waals surface area contributed by atoms with Crippen LogP contribution in [-0.4, -0.2) is 6.18 Å². The zero-order chi connectivity index (χ0) is 11.5. The van der Waals surface area contributed by atoms with Gasteiger partial charge in [-0.05, 0) is 24.5 Å². The number of allylic oxidation sites excluding steroid dienone is 1. The molecule has 0 aromatic heterocycles. The molecule has 0 spiro atoms. The number of halogens is 3. The van der Waals surface area contributed by atoms with Gasteiger partial charge in [-0.25, -0.2) is 0 Å². The Hall–Kier alpha value is -1.25. The molecule has 0 atom stereocenters. The van der Waals surface area contributed by atoms with Crippen molar-refractivity contribution in [1.82, 2.24) is 0 Å². The molecule has 1 rings (SSSR count). The first-order valence-corrected chi connectivity index (χ1v) is 4.66.